The van der Waals surface area contributed by atoms with E-state index >= 15 is 0 Å². The summed E-state index contributed by atoms with van der Waals surface area (Å²) in [4.78, 5) is 0. The quantitative estimate of drug-likeness (QED) is 0.694. The molecule has 2 aliphatic heterocycles. The summed E-state index contributed by atoms with van der Waals surface area (Å²) in [5.41, 5.74) is 3.24. The lowest BCUT2D eigenvalue weighted by molar-refractivity contribution is 0.0374. The van der Waals surface area contributed by atoms with Crippen molar-refractivity contribution in [2.75, 3.05) is 19.7 Å². The van der Waals surface area contributed by atoms with Gasteiger partial charge in [0.15, 0.2) is 0 Å². The zero-order valence-corrected chi connectivity index (χ0v) is 8.96. The number of nitrogens with one attached hydrogen (secondary N) is 1. The minimum atomic E-state index is 0.306. The summed E-state index contributed by atoms with van der Waals surface area (Å²) in [7, 11) is 0. The van der Waals surface area contributed by atoms with Crippen LogP contribution < -0.4 is 5.32 Å². The molecule has 15 heavy (non-hydrogen) atoms. The molecular weight excluding hydrogens is 186 g/mol. The predicted molar refractivity (Wildman–Crippen MR) is 59.9 cm³/mol. The first kappa shape index (κ1) is 9.37. The maximum atomic E-state index is 5.76. The highest BCUT2D eigenvalue weighted by Gasteiger charge is 2.37. The van der Waals surface area contributed by atoms with Crippen molar-refractivity contribution in [1.29, 1.82) is 0 Å². The predicted octanol–water partition coefficient (Wildman–Crippen LogP) is 1.84. The maximum absolute atomic E-state index is 5.76. The van der Waals surface area contributed by atoms with Crippen LogP contribution in [0.1, 0.15) is 24.0 Å². The minimum Gasteiger partial charge on any atom is -0.376 e. The van der Waals surface area contributed by atoms with Crippen LogP contribution >= 0.6 is 0 Å². The first-order valence-corrected chi connectivity index (χ1v) is 5.78. The maximum Gasteiger partial charge on any atom is 0.0720 e. The van der Waals surface area contributed by atoms with E-state index in [0.29, 0.717) is 5.41 Å². The van der Waals surface area contributed by atoms with Crippen LogP contribution in [0, 0.1) is 0 Å². The van der Waals surface area contributed by atoms with Gasteiger partial charge < -0.3 is 10.1 Å². The third kappa shape index (κ3) is 1.48. The number of benzene rings is 1. The van der Waals surface area contributed by atoms with E-state index < -0.39 is 0 Å². The first-order chi connectivity index (χ1) is 7.41. The van der Waals surface area contributed by atoms with Crippen LogP contribution in [0.2, 0.25) is 0 Å². The molecule has 0 saturated carbocycles. The van der Waals surface area contributed by atoms with Crippen LogP contribution in [0.3, 0.4) is 0 Å². The Morgan fingerprint density at radius 3 is 2.80 bits per heavy atom. The topological polar surface area (TPSA) is 21.3 Å². The van der Waals surface area contributed by atoms with Gasteiger partial charge in [0.05, 0.1) is 13.2 Å². The van der Waals surface area contributed by atoms with Gasteiger partial charge in [-0.05, 0) is 37.1 Å². The van der Waals surface area contributed by atoms with Crippen LogP contribution in [-0.2, 0) is 16.8 Å². The Kier molecular flexibility index (Phi) is 2.26. The van der Waals surface area contributed by atoms with E-state index in [4.69, 9.17) is 4.74 Å². The molecule has 1 fully saturated rings. The first-order valence-electron chi connectivity index (χ1n) is 5.78. The normalized spacial score (nSPS) is 23.7. The summed E-state index contributed by atoms with van der Waals surface area (Å²) < 4.78 is 5.76. The monoisotopic (exact) mass is 203 g/mol. The van der Waals surface area contributed by atoms with Gasteiger partial charge in [0.2, 0.25) is 0 Å². The van der Waals surface area contributed by atoms with Gasteiger partial charge in [-0.1, -0.05) is 24.3 Å². The van der Waals surface area contributed by atoms with Crippen molar-refractivity contribution in [3.05, 3.63) is 35.4 Å². The van der Waals surface area contributed by atoms with E-state index in [9.17, 15) is 0 Å². The van der Waals surface area contributed by atoms with E-state index in [1.807, 2.05) is 0 Å². The van der Waals surface area contributed by atoms with Gasteiger partial charge in [-0.25, -0.2) is 0 Å². The molecule has 0 amide bonds. The second-order valence-corrected chi connectivity index (χ2v) is 4.68. The summed E-state index contributed by atoms with van der Waals surface area (Å²) in [5, 5.41) is 3.43. The van der Waals surface area contributed by atoms with Crippen molar-refractivity contribution in [2.45, 2.75) is 24.9 Å². The number of piperidine rings is 1. The summed E-state index contributed by atoms with van der Waals surface area (Å²) >= 11 is 0. The van der Waals surface area contributed by atoms with Gasteiger partial charge in [0.25, 0.3) is 0 Å². The largest absolute Gasteiger partial charge is 0.376 e. The lowest BCUT2D eigenvalue weighted by atomic mass is 9.71. The van der Waals surface area contributed by atoms with Gasteiger partial charge in [-0.15, -0.1) is 0 Å². The second-order valence-electron chi connectivity index (χ2n) is 4.68. The number of fused-ring (bicyclic) bond motifs is 2. The molecule has 1 N–H and O–H groups in total. The van der Waals surface area contributed by atoms with Gasteiger partial charge in [0, 0.05) is 5.41 Å². The fourth-order valence-electron chi connectivity index (χ4n) is 2.92. The van der Waals surface area contributed by atoms with Crippen molar-refractivity contribution >= 4 is 0 Å². The zero-order valence-electron chi connectivity index (χ0n) is 8.96. The van der Waals surface area contributed by atoms with E-state index in [-0.39, 0.29) is 0 Å². The molecule has 2 heterocycles. The standard InChI is InChI=1S/C13H17NO/c1-2-4-12-11(3-1)9-15-10-13(12)5-7-14-8-6-13/h1-4,14H,5-10H2. The summed E-state index contributed by atoms with van der Waals surface area (Å²) in [6.07, 6.45) is 2.42. The average Bonchev–Trinajstić information content (AvgIpc) is 2.31. The fourth-order valence-corrected chi connectivity index (χ4v) is 2.92. The van der Waals surface area contributed by atoms with Crippen molar-refractivity contribution in [3.63, 3.8) is 0 Å². The van der Waals surface area contributed by atoms with Gasteiger partial charge >= 0.3 is 0 Å². The minimum absolute atomic E-state index is 0.306. The number of hydrogen-bond acceptors (Lipinski definition) is 2. The molecule has 0 atom stereocenters. The van der Waals surface area contributed by atoms with Crippen molar-refractivity contribution < 1.29 is 4.74 Å². The highest BCUT2D eigenvalue weighted by molar-refractivity contribution is 5.36. The number of rotatable bonds is 0. The lowest BCUT2D eigenvalue weighted by Gasteiger charge is -2.42. The highest BCUT2D eigenvalue weighted by Crippen LogP contribution is 2.39. The molecule has 2 nitrogen and oxygen atoms in total. The average molecular weight is 203 g/mol. The zero-order chi connectivity index (χ0) is 10.1. The lowest BCUT2D eigenvalue weighted by Crippen LogP contribution is -2.45. The van der Waals surface area contributed by atoms with E-state index in [1.165, 1.54) is 24.0 Å². The SMILES string of the molecule is c1ccc2c(c1)COCC21CCNCC1. The van der Waals surface area contributed by atoms with Gasteiger partial charge in [-0.2, -0.15) is 0 Å². The molecule has 0 aromatic heterocycles. The number of ether oxygens (including phenoxy) is 1. The molecule has 2 heteroatoms. The molecular formula is C13H17NO. The third-order valence-corrected chi connectivity index (χ3v) is 3.79. The van der Waals surface area contributed by atoms with E-state index in [2.05, 4.69) is 29.6 Å². The summed E-state index contributed by atoms with van der Waals surface area (Å²) in [6, 6.07) is 8.78. The summed E-state index contributed by atoms with van der Waals surface area (Å²) in [6.45, 7) is 3.95. The Morgan fingerprint density at radius 2 is 1.93 bits per heavy atom. The molecule has 1 aromatic rings. The Bertz CT molecular complexity index is 355. The molecule has 0 unspecified atom stereocenters. The molecule has 1 spiro atoms. The molecule has 0 bridgehead atoms. The second kappa shape index (κ2) is 3.62. The van der Waals surface area contributed by atoms with Gasteiger partial charge in [0.1, 0.15) is 0 Å². The Morgan fingerprint density at radius 1 is 1.13 bits per heavy atom. The van der Waals surface area contributed by atoms with Gasteiger partial charge in [-0.3, -0.25) is 0 Å². The van der Waals surface area contributed by atoms with Crippen LogP contribution in [0.25, 0.3) is 0 Å². The van der Waals surface area contributed by atoms with E-state index in [1.54, 1.807) is 0 Å². The molecule has 0 radical (unpaired) electrons. The number of hydrogen-bond donors (Lipinski definition) is 1. The highest BCUT2D eigenvalue weighted by atomic mass is 16.5. The molecule has 1 saturated heterocycles. The van der Waals surface area contributed by atoms with Crippen molar-refractivity contribution in [3.8, 4) is 0 Å². The van der Waals surface area contributed by atoms with Crippen LogP contribution in [0.5, 0.6) is 0 Å². The molecule has 2 aliphatic rings. The Hall–Kier alpha value is -0.860. The third-order valence-electron chi connectivity index (χ3n) is 3.79. The molecule has 80 valence electrons. The summed E-state index contributed by atoms with van der Waals surface area (Å²) in [5.74, 6) is 0. The Balaban J connectivity index is 2.04. The van der Waals surface area contributed by atoms with Crippen molar-refractivity contribution in [1.82, 2.24) is 5.32 Å². The van der Waals surface area contributed by atoms with Crippen molar-refractivity contribution in [2.24, 2.45) is 0 Å². The smallest absolute Gasteiger partial charge is 0.0720 e. The molecule has 1 aromatic carbocycles. The molecule has 0 aliphatic carbocycles. The van der Waals surface area contributed by atoms with Crippen LogP contribution in [0.15, 0.2) is 24.3 Å². The van der Waals surface area contributed by atoms with Crippen LogP contribution in [-0.4, -0.2) is 19.7 Å². The van der Waals surface area contributed by atoms with E-state index in [0.717, 1.165) is 26.3 Å². The fraction of sp³-hybridized carbons (Fsp3) is 0.538. The molecule has 3 rings (SSSR count). The van der Waals surface area contributed by atoms with Crippen LogP contribution in [0.4, 0.5) is 0 Å². The Labute approximate surface area is 90.6 Å².